The maximum Gasteiger partial charge on any atom is 0.147 e. The second-order valence-corrected chi connectivity index (χ2v) is 7.16. The van der Waals surface area contributed by atoms with Crippen molar-refractivity contribution < 1.29 is 0 Å². The molecule has 1 aromatic heterocycles. The molecule has 1 saturated heterocycles. The molecule has 1 aliphatic heterocycles. The van der Waals surface area contributed by atoms with Gasteiger partial charge in [-0.15, -0.1) is 0 Å². The molecular weight excluding hydrogens is 340 g/mol. The van der Waals surface area contributed by atoms with Crippen molar-refractivity contribution in [2.45, 2.75) is 31.2 Å². The van der Waals surface area contributed by atoms with E-state index in [0.29, 0.717) is 17.1 Å². The van der Waals surface area contributed by atoms with Gasteiger partial charge in [-0.25, -0.2) is 9.97 Å². The number of halogens is 2. The summed E-state index contributed by atoms with van der Waals surface area (Å²) in [6, 6.07) is 0.470. The van der Waals surface area contributed by atoms with Crippen LogP contribution in [-0.4, -0.2) is 59.5 Å². The van der Waals surface area contributed by atoms with Gasteiger partial charge in [-0.1, -0.05) is 11.6 Å². The van der Waals surface area contributed by atoms with Gasteiger partial charge >= 0.3 is 0 Å². The van der Waals surface area contributed by atoms with E-state index in [9.17, 15) is 0 Å². The van der Waals surface area contributed by atoms with Gasteiger partial charge in [0.25, 0.3) is 0 Å². The quantitative estimate of drug-likeness (QED) is 0.777. The van der Waals surface area contributed by atoms with Crippen LogP contribution in [0.2, 0.25) is 5.15 Å². The summed E-state index contributed by atoms with van der Waals surface area (Å²) >= 11 is 9.78. The largest absolute Gasteiger partial charge is 0.304 e. The monoisotopic (exact) mass is 358 g/mol. The van der Waals surface area contributed by atoms with E-state index in [1.165, 1.54) is 12.8 Å². The van der Waals surface area contributed by atoms with Crippen molar-refractivity contribution >= 4 is 27.5 Å². The van der Waals surface area contributed by atoms with Gasteiger partial charge in [0.15, 0.2) is 0 Å². The summed E-state index contributed by atoms with van der Waals surface area (Å²) in [6.45, 7) is 3.29. The molecular formula is C14H20BrClN4. The van der Waals surface area contributed by atoms with E-state index in [-0.39, 0.29) is 0 Å². The molecule has 2 aliphatic rings. The van der Waals surface area contributed by atoms with Crippen LogP contribution in [0.3, 0.4) is 0 Å². The topological polar surface area (TPSA) is 32.3 Å². The highest BCUT2D eigenvalue weighted by molar-refractivity contribution is 9.10. The van der Waals surface area contributed by atoms with Gasteiger partial charge in [0.2, 0.25) is 0 Å². The van der Waals surface area contributed by atoms with E-state index in [4.69, 9.17) is 16.6 Å². The lowest BCUT2D eigenvalue weighted by Crippen LogP contribution is -2.51. The Bertz CT molecular complexity index is 506. The fourth-order valence-electron chi connectivity index (χ4n) is 2.73. The number of nitrogens with zero attached hydrogens (tertiary/aromatic N) is 4. The Morgan fingerprint density at radius 3 is 2.70 bits per heavy atom. The van der Waals surface area contributed by atoms with Gasteiger partial charge < -0.3 is 9.80 Å². The molecule has 0 radical (unpaired) electrons. The number of hydrogen-bond acceptors (Lipinski definition) is 4. The van der Waals surface area contributed by atoms with E-state index in [2.05, 4.69) is 44.8 Å². The summed E-state index contributed by atoms with van der Waals surface area (Å²) in [5, 5.41) is 0.559. The summed E-state index contributed by atoms with van der Waals surface area (Å²) in [6.07, 6.45) is 3.31. The molecule has 20 heavy (non-hydrogen) atoms. The number of rotatable bonds is 3. The lowest BCUT2D eigenvalue weighted by Gasteiger charge is -2.37. The van der Waals surface area contributed by atoms with Crippen molar-refractivity contribution in [3.8, 4) is 0 Å². The van der Waals surface area contributed by atoms with Crippen LogP contribution in [0.1, 0.15) is 30.3 Å². The second-order valence-electron chi connectivity index (χ2n) is 6.00. The van der Waals surface area contributed by atoms with Gasteiger partial charge in [-0.3, -0.25) is 0 Å². The fraction of sp³-hybridized carbons (Fsp3) is 0.714. The zero-order valence-corrected chi connectivity index (χ0v) is 14.3. The molecule has 0 aromatic carbocycles. The second kappa shape index (κ2) is 5.87. The third-order valence-electron chi connectivity index (χ3n) is 4.25. The molecule has 110 valence electrons. The summed E-state index contributed by atoms with van der Waals surface area (Å²) < 4.78 is 0.888. The summed E-state index contributed by atoms with van der Waals surface area (Å²) in [4.78, 5) is 14.0. The Hall–Kier alpha value is -0.230. The third kappa shape index (κ3) is 3.16. The molecule has 1 aliphatic carbocycles. The van der Waals surface area contributed by atoms with E-state index >= 15 is 0 Å². The Balaban J connectivity index is 1.79. The number of likely N-dealkylation sites (N-methyl/N-ethyl adjacent to an activating group) is 2. The van der Waals surface area contributed by atoms with Crippen molar-refractivity contribution in [1.82, 2.24) is 19.8 Å². The maximum absolute atomic E-state index is 6.25. The van der Waals surface area contributed by atoms with Gasteiger partial charge in [-0.2, -0.15) is 0 Å². The first-order valence-electron chi connectivity index (χ1n) is 7.15. The molecule has 2 fully saturated rings. The highest BCUT2D eigenvalue weighted by Gasteiger charge is 2.30. The van der Waals surface area contributed by atoms with Crippen LogP contribution in [0.15, 0.2) is 4.47 Å². The van der Waals surface area contributed by atoms with Gasteiger partial charge in [0.1, 0.15) is 11.0 Å². The molecule has 0 bridgehead atoms. The zero-order chi connectivity index (χ0) is 14.3. The van der Waals surface area contributed by atoms with Gasteiger partial charge in [-0.05, 0) is 42.9 Å². The minimum Gasteiger partial charge on any atom is -0.304 e. The van der Waals surface area contributed by atoms with E-state index in [1.54, 1.807) is 0 Å². The van der Waals surface area contributed by atoms with Crippen LogP contribution in [0.4, 0.5) is 0 Å². The number of aromatic nitrogens is 2. The molecule has 2 heterocycles. The van der Waals surface area contributed by atoms with E-state index in [0.717, 1.165) is 42.0 Å². The minimum atomic E-state index is 0.470. The molecule has 6 heteroatoms. The summed E-state index contributed by atoms with van der Waals surface area (Å²) in [5.74, 6) is 1.46. The predicted octanol–water partition coefficient (Wildman–Crippen LogP) is 2.56. The zero-order valence-electron chi connectivity index (χ0n) is 11.9. The molecule has 1 saturated carbocycles. The Labute approximate surface area is 133 Å². The highest BCUT2D eigenvalue weighted by atomic mass is 79.9. The average molecular weight is 360 g/mol. The minimum absolute atomic E-state index is 0.470. The molecule has 1 atom stereocenters. The molecule has 1 unspecified atom stereocenters. The van der Waals surface area contributed by atoms with Gasteiger partial charge in [0.05, 0.1) is 10.2 Å². The number of hydrogen-bond donors (Lipinski definition) is 0. The molecule has 4 nitrogen and oxygen atoms in total. The maximum atomic E-state index is 6.25. The lowest BCUT2D eigenvalue weighted by molar-refractivity contribution is 0.113. The van der Waals surface area contributed by atoms with Gasteiger partial charge in [0, 0.05) is 38.0 Å². The molecule has 0 N–H and O–H groups in total. The molecule has 0 spiro atoms. The van der Waals surface area contributed by atoms with Crippen molar-refractivity contribution in [2.24, 2.45) is 0 Å². The molecule has 0 amide bonds. The first-order chi connectivity index (χ1) is 9.54. The van der Waals surface area contributed by atoms with Crippen molar-refractivity contribution in [3.05, 3.63) is 21.1 Å². The average Bonchev–Trinajstić information content (AvgIpc) is 3.22. The van der Waals surface area contributed by atoms with Crippen LogP contribution in [0.25, 0.3) is 0 Å². The third-order valence-corrected chi connectivity index (χ3v) is 5.53. The van der Waals surface area contributed by atoms with E-state index < -0.39 is 0 Å². The van der Waals surface area contributed by atoms with E-state index in [1.807, 2.05) is 0 Å². The number of piperazine rings is 1. The van der Waals surface area contributed by atoms with Crippen LogP contribution < -0.4 is 0 Å². The Kier molecular flexibility index (Phi) is 4.32. The van der Waals surface area contributed by atoms with Crippen LogP contribution in [-0.2, 0) is 6.42 Å². The predicted molar refractivity (Wildman–Crippen MR) is 84.3 cm³/mol. The first kappa shape index (κ1) is 14.7. The molecule has 1 aromatic rings. The summed E-state index contributed by atoms with van der Waals surface area (Å²) in [5.41, 5.74) is 1.10. The van der Waals surface area contributed by atoms with Crippen molar-refractivity contribution in [3.63, 3.8) is 0 Å². The smallest absolute Gasteiger partial charge is 0.147 e. The Morgan fingerprint density at radius 2 is 2.00 bits per heavy atom. The highest BCUT2D eigenvalue weighted by Crippen LogP contribution is 2.43. The SMILES string of the molecule is CN1CCN(C)C(Cc2nc(Cl)c(Br)c(C3CC3)n2)C1. The van der Waals surface area contributed by atoms with Crippen molar-refractivity contribution in [2.75, 3.05) is 33.7 Å². The fourth-order valence-corrected chi connectivity index (χ4v) is 3.43. The first-order valence-corrected chi connectivity index (χ1v) is 8.32. The lowest BCUT2D eigenvalue weighted by atomic mass is 10.1. The standard InChI is InChI=1S/C14H20BrClN4/c1-19-5-6-20(2)10(8-19)7-11-17-13(9-3-4-9)12(15)14(16)18-11/h9-10H,3-8H2,1-2H3. The normalized spacial score (nSPS) is 25.1. The summed E-state index contributed by atoms with van der Waals surface area (Å²) in [7, 11) is 4.35. The Morgan fingerprint density at radius 1 is 1.25 bits per heavy atom. The van der Waals surface area contributed by atoms with Crippen LogP contribution in [0, 0.1) is 0 Å². The van der Waals surface area contributed by atoms with Crippen LogP contribution >= 0.6 is 27.5 Å². The van der Waals surface area contributed by atoms with Crippen molar-refractivity contribution in [1.29, 1.82) is 0 Å². The van der Waals surface area contributed by atoms with Crippen LogP contribution in [0.5, 0.6) is 0 Å². The molecule has 3 rings (SSSR count).